The fourth-order valence-corrected chi connectivity index (χ4v) is 3.05. The van der Waals surface area contributed by atoms with Crippen LogP contribution in [0.1, 0.15) is 37.6 Å². The molecule has 1 fully saturated rings. The standard InChI is InChI=1S/C16H21N3O2/c1-10-9-11(6-7-12(10)20-3)14-18-15(21-19-14)16(2)8-4-5-13(16)17/h6-7,9,13H,4-5,8,17H2,1-3H3. The molecule has 112 valence electrons. The molecule has 2 atom stereocenters. The van der Waals surface area contributed by atoms with Gasteiger partial charge in [-0.3, -0.25) is 0 Å². The van der Waals surface area contributed by atoms with E-state index in [4.69, 9.17) is 15.0 Å². The number of benzene rings is 1. The molecular weight excluding hydrogens is 266 g/mol. The molecular formula is C16H21N3O2. The van der Waals surface area contributed by atoms with E-state index in [9.17, 15) is 0 Å². The smallest absolute Gasteiger partial charge is 0.234 e. The molecule has 1 aromatic heterocycles. The van der Waals surface area contributed by atoms with Crippen molar-refractivity contribution in [3.63, 3.8) is 0 Å². The first kappa shape index (κ1) is 14.1. The van der Waals surface area contributed by atoms with E-state index in [2.05, 4.69) is 17.1 Å². The number of rotatable bonds is 3. The summed E-state index contributed by atoms with van der Waals surface area (Å²) in [5, 5.41) is 4.12. The molecule has 5 nitrogen and oxygen atoms in total. The van der Waals surface area contributed by atoms with E-state index in [-0.39, 0.29) is 11.5 Å². The van der Waals surface area contributed by atoms with Crippen molar-refractivity contribution in [3.8, 4) is 17.1 Å². The van der Waals surface area contributed by atoms with E-state index < -0.39 is 0 Å². The van der Waals surface area contributed by atoms with E-state index in [1.165, 1.54) is 0 Å². The fourth-order valence-electron chi connectivity index (χ4n) is 3.05. The van der Waals surface area contributed by atoms with E-state index in [0.717, 1.165) is 36.1 Å². The maximum absolute atomic E-state index is 6.21. The van der Waals surface area contributed by atoms with Gasteiger partial charge in [0.05, 0.1) is 12.5 Å². The molecule has 0 saturated heterocycles. The molecule has 1 aliphatic rings. The van der Waals surface area contributed by atoms with Crippen molar-refractivity contribution in [2.75, 3.05) is 7.11 Å². The van der Waals surface area contributed by atoms with E-state index in [1.54, 1.807) is 7.11 Å². The normalized spacial score (nSPS) is 25.2. The van der Waals surface area contributed by atoms with Crippen molar-refractivity contribution in [3.05, 3.63) is 29.7 Å². The van der Waals surface area contributed by atoms with E-state index in [1.807, 2.05) is 25.1 Å². The van der Waals surface area contributed by atoms with Crippen LogP contribution in [0.15, 0.2) is 22.7 Å². The molecule has 1 saturated carbocycles. The molecule has 3 rings (SSSR count). The Morgan fingerprint density at radius 1 is 1.43 bits per heavy atom. The fraction of sp³-hybridized carbons (Fsp3) is 0.500. The Hall–Kier alpha value is -1.88. The molecule has 0 radical (unpaired) electrons. The molecule has 2 aromatic rings. The van der Waals surface area contributed by atoms with Gasteiger partial charge in [0.1, 0.15) is 5.75 Å². The minimum atomic E-state index is -0.202. The van der Waals surface area contributed by atoms with Gasteiger partial charge in [0.25, 0.3) is 0 Å². The molecule has 21 heavy (non-hydrogen) atoms. The van der Waals surface area contributed by atoms with Gasteiger partial charge < -0.3 is 15.0 Å². The number of methoxy groups -OCH3 is 1. The lowest BCUT2D eigenvalue weighted by Gasteiger charge is -2.23. The first-order chi connectivity index (χ1) is 10.0. The van der Waals surface area contributed by atoms with Crippen LogP contribution in [0.4, 0.5) is 0 Å². The van der Waals surface area contributed by atoms with Crippen molar-refractivity contribution < 1.29 is 9.26 Å². The summed E-state index contributed by atoms with van der Waals surface area (Å²) in [6.07, 6.45) is 3.12. The second-order valence-corrected chi connectivity index (χ2v) is 6.02. The van der Waals surface area contributed by atoms with Crippen LogP contribution in [0.25, 0.3) is 11.4 Å². The average Bonchev–Trinajstić information content (AvgIpc) is 3.08. The Bertz CT molecular complexity index is 653. The predicted octanol–water partition coefficient (Wildman–Crippen LogP) is 2.82. The third-order valence-corrected chi connectivity index (χ3v) is 4.60. The van der Waals surface area contributed by atoms with Gasteiger partial charge in [-0.25, -0.2) is 0 Å². The third kappa shape index (κ3) is 2.31. The topological polar surface area (TPSA) is 74.2 Å². The molecule has 0 bridgehead atoms. The Labute approximate surface area is 124 Å². The Morgan fingerprint density at radius 3 is 2.86 bits per heavy atom. The lowest BCUT2D eigenvalue weighted by atomic mass is 9.85. The molecule has 5 heteroatoms. The van der Waals surface area contributed by atoms with Gasteiger partial charge in [0.2, 0.25) is 11.7 Å². The number of nitrogens with zero attached hydrogens (tertiary/aromatic N) is 2. The van der Waals surface area contributed by atoms with Gasteiger partial charge in [0.15, 0.2) is 0 Å². The summed E-state index contributed by atoms with van der Waals surface area (Å²) in [7, 11) is 1.66. The van der Waals surface area contributed by atoms with E-state index >= 15 is 0 Å². The van der Waals surface area contributed by atoms with Gasteiger partial charge in [-0.2, -0.15) is 4.98 Å². The van der Waals surface area contributed by atoms with Crippen molar-refractivity contribution in [1.29, 1.82) is 0 Å². The summed E-state index contributed by atoms with van der Waals surface area (Å²) < 4.78 is 10.8. The van der Waals surface area contributed by atoms with Gasteiger partial charge in [0, 0.05) is 11.6 Å². The lowest BCUT2D eigenvalue weighted by Crippen LogP contribution is -2.38. The van der Waals surface area contributed by atoms with Crippen LogP contribution in [-0.4, -0.2) is 23.3 Å². The van der Waals surface area contributed by atoms with Crippen LogP contribution in [-0.2, 0) is 5.41 Å². The molecule has 0 aliphatic heterocycles. The number of hydrogen-bond acceptors (Lipinski definition) is 5. The summed E-state index contributed by atoms with van der Waals surface area (Å²) in [6, 6.07) is 5.95. The summed E-state index contributed by atoms with van der Waals surface area (Å²) in [6.45, 7) is 4.11. The third-order valence-electron chi connectivity index (χ3n) is 4.60. The largest absolute Gasteiger partial charge is 0.496 e. The van der Waals surface area contributed by atoms with Crippen LogP contribution in [0.2, 0.25) is 0 Å². The zero-order chi connectivity index (χ0) is 15.0. The predicted molar refractivity (Wildman–Crippen MR) is 80.2 cm³/mol. The number of aryl methyl sites for hydroxylation is 1. The van der Waals surface area contributed by atoms with Crippen molar-refractivity contribution in [2.45, 2.75) is 44.6 Å². The molecule has 1 aromatic carbocycles. The highest BCUT2D eigenvalue weighted by molar-refractivity contribution is 5.58. The number of nitrogens with two attached hydrogens (primary N) is 1. The van der Waals surface area contributed by atoms with Crippen molar-refractivity contribution >= 4 is 0 Å². The van der Waals surface area contributed by atoms with Crippen LogP contribution in [0.5, 0.6) is 5.75 Å². The summed E-state index contributed by atoms with van der Waals surface area (Å²) in [5.74, 6) is 2.11. The van der Waals surface area contributed by atoms with Gasteiger partial charge in [-0.05, 0) is 50.5 Å². The Kier molecular flexibility index (Phi) is 3.45. The molecule has 1 aliphatic carbocycles. The lowest BCUT2D eigenvalue weighted by molar-refractivity contribution is 0.278. The SMILES string of the molecule is COc1ccc(-c2noc(C3(C)CCCC3N)n2)cc1C. The molecule has 0 spiro atoms. The number of hydrogen-bond donors (Lipinski definition) is 1. The van der Waals surface area contributed by atoms with Crippen molar-refractivity contribution in [1.82, 2.24) is 10.1 Å². The van der Waals surface area contributed by atoms with Crippen molar-refractivity contribution in [2.24, 2.45) is 5.73 Å². The van der Waals surface area contributed by atoms with Gasteiger partial charge in [-0.1, -0.05) is 11.6 Å². The molecule has 2 N–H and O–H groups in total. The highest BCUT2D eigenvalue weighted by Gasteiger charge is 2.42. The summed E-state index contributed by atoms with van der Waals surface area (Å²) >= 11 is 0. The monoisotopic (exact) mass is 287 g/mol. The zero-order valence-electron chi connectivity index (χ0n) is 12.7. The number of ether oxygens (including phenoxy) is 1. The van der Waals surface area contributed by atoms with Gasteiger partial charge in [-0.15, -0.1) is 0 Å². The van der Waals surface area contributed by atoms with Gasteiger partial charge >= 0.3 is 0 Å². The average molecular weight is 287 g/mol. The Balaban J connectivity index is 1.93. The molecule has 2 unspecified atom stereocenters. The maximum atomic E-state index is 6.21. The first-order valence-electron chi connectivity index (χ1n) is 7.29. The highest BCUT2D eigenvalue weighted by Crippen LogP contribution is 2.39. The minimum Gasteiger partial charge on any atom is -0.496 e. The van der Waals surface area contributed by atoms with Crippen LogP contribution in [0, 0.1) is 6.92 Å². The molecule has 0 amide bonds. The number of aromatic nitrogens is 2. The Morgan fingerprint density at radius 2 is 2.24 bits per heavy atom. The minimum absolute atomic E-state index is 0.0865. The maximum Gasteiger partial charge on any atom is 0.234 e. The quantitative estimate of drug-likeness (QED) is 0.939. The molecule has 1 heterocycles. The highest BCUT2D eigenvalue weighted by atomic mass is 16.5. The zero-order valence-corrected chi connectivity index (χ0v) is 12.7. The first-order valence-corrected chi connectivity index (χ1v) is 7.29. The summed E-state index contributed by atoms with van der Waals surface area (Å²) in [5.41, 5.74) is 7.98. The summed E-state index contributed by atoms with van der Waals surface area (Å²) in [4.78, 5) is 4.58. The van der Waals surface area contributed by atoms with E-state index in [0.29, 0.717) is 11.7 Å². The second-order valence-electron chi connectivity index (χ2n) is 6.02. The second kappa shape index (κ2) is 5.15. The van der Waals surface area contributed by atoms with Crippen LogP contribution < -0.4 is 10.5 Å². The van der Waals surface area contributed by atoms with Crippen LogP contribution >= 0.6 is 0 Å². The van der Waals surface area contributed by atoms with Crippen LogP contribution in [0.3, 0.4) is 0 Å².